The summed E-state index contributed by atoms with van der Waals surface area (Å²) >= 11 is 0. The molecule has 0 amide bonds. The van der Waals surface area contributed by atoms with Crippen LogP contribution >= 0.6 is 0 Å². The van der Waals surface area contributed by atoms with E-state index in [-0.39, 0.29) is 17.6 Å². The number of carbonyl (C=O) groups is 1. The Hall–Kier alpha value is -2.42. The van der Waals surface area contributed by atoms with Crippen molar-refractivity contribution in [1.82, 2.24) is 14.8 Å². The number of benzene rings is 1. The number of ether oxygens (including phenoxy) is 1. The molecule has 0 atom stereocenters. The molecule has 186 valence electrons. The van der Waals surface area contributed by atoms with Gasteiger partial charge in [-0.1, -0.05) is 39.0 Å². The molecule has 7 nitrogen and oxygen atoms in total. The summed E-state index contributed by atoms with van der Waals surface area (Å²) in [6.07, 6.45) is 1.51. The van der Waals surface area contributed by atoms with E-state index in [0.717, 1.165) is 45.4 Å². The van der Waals surface area contributed by atoms with Gasteiger partial charge >= 0.3 is 5.97 Å². The number of H-pyrrole nitrogens is 1. The molecule has 0 unspecified atom stereocenters. The van der Waals surface area contributed by atoms with Gasteiger partial charge < -0.3 is 19.3 Å². The molecule has 0 fully saturated rings. The van der Waals surface area contributed by atoms with Crippen molar-refractivity contribution in [3.63, 3.8) is 0 Å². The SMILES string of the molecule is CCOC(=O)c1[nH]c2c(-c3c(C)nn(C)c3CO)cccc2c1CCCO[Si](C)(C)C(C)(C)C. The monoisotopic (exact) mass is 485 g/mol. The quantitative estimate of drug-likeness (QED) is 0.237. The smallest absolute Gasteiger partial charge is 0.355 e. The highest BCUT2D eigenvalue weighted by Gasteiger charge is 2.36. The van der Waals surface area contributed by atoms with Crippen LogP contribution in [-0.2, 0) is 29.2 Å². The number of rotatable bonds is 9. The number of hydrogen-bond acceptors (Lipinski definition) is 5. The van der Waals surface area contributed by atoms with E-state index in [9.17, 15) is 9.90 Å². The molecule has 2 heterocycles. The first-order valence-corrected chi connectivity index (χ1v) is 14.9. The average Bonchev–Trinajstić information content (AvgIpc) is 3.26. The fourth-order valence-corrected chi connectivity index (χ4v) is 5.24. The lowest BCUT2D eigenvalue weighted by Gasteiger charge is -2.36. The number of para-hydroxylation sites is 1. The molecule has 0 aliphatic rings. The molecule has 2 N–H and O–H groups in total. The van der Waals surface area contributed by atoms with E-state index in [0.29, 0.717) is 25.3 Å². The number of aliphatic hydroxyl groups is 1. The Kier molecular flexibility index (Phi) is 7.74. The second-order valence-electron chi connectivity index (χ2n) is 10.3. The van der Waals surface area contributed by atoms with Gasteiger partial charge in [0.2, 0.25) is 0 Å². The van der Waals surface area contributed by atoms with Crippen LogP contribution in [0.4, 0.5) is 0 Å². The number of carbonyl (C=O) groups excluding carboxylic acids is 1. The van der Waals surface area contributed by atoms with Gasteiger partial charge in [0.05, 0.1) is 30.1 Å². The maximum absolute atomic E-state index is 12.9. The predicted octanol–water partition coefficient (Wildman–Crippen LogP) is 5.50. The van der Waals surface area contributed by atoms with Gasteiger partial charge in [-0.05, 0) is 50.4 Å². The Balaban J connectivity index is 2.02. The van der Waals surface area contributed by atoms with Crippen molar-refractivity contribution in [1.29, 1.82) is 0 Å². The molecule has 0 saturated carbocycles. The van der Waals surface area contributed by atoms with E-state index in [1.54, 1.807) is 4.68 Å². The zero-order chi connectivity index (χ0) is 25.3. The minimum absolute atomic E-state index is 0.119. The highest BCUT2D eigenvalue weighted by atomic mass is 28.4. The van der Waals surface area contributed by atoms with Gasteiger partial charge in [0.1, 0.15) is 5.69 Å². The van der Waals surface area contributed by atoms with Gasteiger partial charge in [0.25, 0.3) is 0 Å². The molecule has 8 heteroatoms. The summed E-state index contributed by atoms with van der Waals surface area (Å²) in [7, 11) is -0.000569. The number of aromatic amines is 1. The van der Waals surface area contributed by atoms with Crippen molar-refractivity contribution in [2.24, 2.45) is 7.05 Å². The summed E-state index contributed by atoms with van der Waals surface area (Å²) in [6.45, 7) is 15.8. The molecule has 3 aromatic rings. The van der Waals surface area contributed by atoms with E-state index in [1.807, 2.05) is 39.1 Å². The summed E-state index contributed by atoms with van der Waals surface area (Å²) < 4.78 is 13.4. The maximum Gasteiger partial charge on any atom is 0.355 e. The molecule has 0 bridgehead atoms. The highest BCUT2D eigenvalue weighted by molar-refractivity contribution is 6.74. The zero-order valence-electron chi connectivity index (χ0n) is 21.8. The number of fused-ring (bicyclic) bond motifs is 1. The fraction of sp³-hybridized carbons (Fsp3) is 0.538. The maximum atomic E-state index is 12.9. The molecule has 1 aromatic carbocycles. The minimum atomic E-state index is -1.83. The van der Waals surface area contributed by atoms with Crippen LogP contribution in [0.3, 0.4) is 0 Å². The van der Waals surface area contributed by atoms with Crippen LogP contribution in [0.1, 0.15) is 61.6 Å². The summed E-state index contributed by atoms with van der Waals surface area (Å²) in [4.78, 5) is 16.2. The third-order valence-electron chi connectivity index (χ3n) is 7.02. The van der Waals surface area contributed by atoms with Gasteiger partial charge in [-0.3, -0.25) is 4.68 Å². The predicted molar refractivity (Wildman–Crippen MR) is 139 cm³/mol. The van der Waals surface area contributed by atoms with Crippen molar-refractivity contribution in [2.45, 2.75) is 72.2 Å². The second kappa shape index (κ2) is 10.1. The Morgan fingerprint density at radius 2 is 1.97 bits per heavy atom. The number of nitrogens with zero attached hydrogens (tertiary/aromatic N) is 2. The lowest BCUT2D eigenvalue weighted by molar-refractivity contribution is 0.0519. The third kappa shape index (κ3) is 4.99. The lowest BCUT2D eigenvalue weighted by atomic mass is 9.98. The Morgan fingerprint density at radius 1 is 1.26 bits per heavy atom. The number of aryl methyl sites for hydroxylation is 3. The number of aliphatic hydroxyl groups excluding tert-OH is 1. The first-order valence-electron chi connectivity index (χ1n) is 12.0. The largest absolute Gasteiger partial charge is 0.461 e. The molecule has 0 aliphatic carbocycles. The number of nitrogens with one attached hydrogen (secondary N) is 1. The van der Waals surface area contributed by atoms with Crippen molar-refractivity contribution < 1.29 is 19.1 Å². The van der Waals surface area contributed by atoms with Crippen molar-refractivity contribution in [3.05, 3.63) is 40.8 Å². The van der Waals surface area contributed by atoms with E-state index in [4.69, 9.17) is 9.16 Å². The van der Waals surface area contributed by atoms with Gasteiger partial charge in [-0.2, -0.15) is 5.10 Å². The number of hydrogen-bond donors (Lipinski definition) is 2. The Bertz CT molecular complexity index is 1170. The first kappa shape index (κ1) is 26.2. The minimum Gasteiger partial charge on any atom is -0.461 e. The van der Waals surface area contributed by atoms with Crippen LogP contribution in [0.15, 0.2) is 18.2 Å². The molecular formula is C26H39N3O4Si. The van der Waals surface area contributed by atoms with Crippen molar-refractivity contribution in [2.75, 3.05) is 13.2 Å². The van der Waals surface area contributed by atoms with Crippen LogP contribution in [-0.4, -0.2) is 47.4 Å². The molecule has 3 rings (SSSR count). The highest BCUT2D eigenvalue weighted by Crippen LogP contribution is 2.38. The molecule has 2 aromatic heterocycles. The van der Waals surface area contributed by atoms with Crippen LogP contribution < -0.4 is 0 Å². The first-order chi connectivity index (χ1) is 15.9. The van der Waals surface area contributed by atoms with Crippen molar-refractivity contribution >= 4 is 25.2 Å². The van der Waals surface area contributed by atoms with E-state index in [1.165, 1.54) is 0 Å². The van der Waals surface area contributed by atoms with Gasteiger partial charge in [0, 0.05) is 30.2 Å². The summed E-state index contributed by atoms with van der Waals surface area (Å²) in [5.41, 5.74) is 5.67. The zero-order valence-corrected chi connectivity index (χ0v) is 22.8. The standard InChI is InChI=1S/C26H39N3O4Si/c1-9-32-25(31)24-19(14-11-15-33-34(7,8)26(3,4)5)18-12-10-13-20(23(18)27-24)22-17(2)28-29(6)21(22)16-30/h10,12-13,27,30H,9,11,14-16H2,1-8H3. The van der Waals surface area contributed by atoms with E-state index < -0.39 is 8.32 Å². The normalized spacial score (nSPS) is 12.5. The van der Waals surface area contributed by atoms with Crippen LogP contribution in [0.5, 0.6) is 0 Å². The van der Waals surface area contributed by atoms with Crippen LogP contribution in [0.2, 0.25) is 18.1 Å². The van der Waals surface area contributed by atoms with Crippen LogP contribution in [0, 0.1) is 6.92 Å². The van der Waals surface area contributed by atoms with Gasteiger partial charge in [-0.15, -0.1) is 0 Å². The lowest BCUT2D eigenvalue weighted by Crippen LogP contribution is -2.41. The number of aromatic nitrogens is 3. The third-order valence-corrected chi connectivity index (χ3v) is 11.6. The second-order valence-corrected chi connectivity index (χ2v) is 15.1. The molecule has 34 heavy (non-hydrogen) atoms. The van der Waals surface area contributed by atoms with Crippen LogP contribution in [0.25, 0.3) is 22.0 Å². The topological polar surface area (TPSA) is 89.4 Å². The van der Waals surface area contributed by atoms with Gasteiger partial charge in [-0.25, -0.2) is 4.79 Å². The number of esters is 1. The van der Waals surface area contributed by atoms with Crippen molar-refractivity contribution in [3.8, 4) is 11.1 Å². The molecule has 0 radical (unpaired) electrons. The molecule has 0 saturated heterocycles. The summed E-state index contributed by atoms with van der Waals surface area (Å²) in [6, 6.07) is 6.03. The Morgan fingerprint density at radius 3 is 2.59 bits per heavy atom. The van der Waals surface area contributed by atoms with E-state index in [2.05, 4.69) is 43.9 Å². The molecule has 0 aliphatic heterocycles. The average molecular weight is 486 g/mol. The fourth-order valence-electron chi connectivity index (χ4n) is 4.15. The van der Waals surface area contributed by atoms with Gasteiger partial charge in [0.15, 0.2) is 8.32 Å². The van der Waals surface area contributed by atoms with E-state index >= 15 is 0 Å². The molecular weight excluding hydrogens is 446 g/mol. The summed E-state index contributed by atoms with van der Waals surface area (Å²) in [5, 5.41) is 15.6. The summed E-state index contributed by atoms with van der Waals surface area (Å²) in [5.74, 6) is -0.352. The Labute approximate surface area is 203 Å². The molecule has 0 spiro atoms.